The van der Waals surface area contributed by atoms with Crippen molar-refractivity contribution >= 4 is 28.5 Å². The van der Waals surface area contributed by atoms with Crippen molar-refractivity contribution in [3.63, 3.8) is 0 Å². The van der Waals surface area contributed by atoms with Crippen molar-refractivity contribution in [3.8, 4) is 5.75 Å². The van der Waals surface area contributed by atoms with Crippen LogP contribution in [0.3, 0.4) is 0 Å². The maximum Gasteiger partial charge on any atom is 0.252 e. The van der Waals surface area contributed by atoms with E-state index in [1.165, 1.54) is 5.56 Å². The van der Waals surface area contributed by atoms with E-state index in [-0.39, 0.29) is 12.0 Å². The minimum Gasteiger partial charge on any atom is -0.488 e. The lowest BCUT2D eigenvalue weighted by Gasteiger charge is -2.12. The van der Waals surface area contributed by atoms with Crippen LogP contribution in [0.2, 0.25) is 0 Å². The quantitative estimate of drug-likeness (QED) is 0.833. The zero-order valence-electron chi connectivity index (χ0n) is 10.8. The molecule has 0 saturated heterocycles. The lowest BCUT2D eigenvalue weighted by Crippen LogP contribution is -2.34. The molecule has 1 heterocycles. The lowest BCUT2D eigenvalue weighted by atomic mass is 10.1. The molecule has 4 heteroatoms. The first kappa shape index (κ1) is 13.4. The van der Waals surface area contributed by atoms with Crippen LogP contribution in [-0.4, -0.2) is 18.6 Å². The second-order valence-electron chi connectivity index (χ2n) is 4.74. The van der Waals surface area contributed by atoms with Crippen LogP contribution < -0.4 is 10.1 Å². The van der Waals surface area contributed by atoms with E-state index in [0.717, 1.165) is 15.7 Å². The molecule has 0 spiro atoms. The second-order valence-corrected chi connectivity index (χ2v) is 5.90. The Morgan fingerprint density at radius 3 is 2.75 bits per heavy atom. The minimum absolute atomic E-state index is 0.0257. The maximum absolute atomic E-state index is 12.1. The Morgan fingerprint density at radius 1 is 1.20 bits per heavy atom. The van der Waals surface area contributed by atoms with E-state index in [2.05, 4.69) is 34.0 Å². The van der Waals surface area contributed by atoms with Crippen molar-refractivity contribution in [2.45, 2.75) is 12.5 Å². The van der Waals surface area contributed by atoms with E-state index in [4.69, 9.17) is 4.74 Å². The Kier molecular flexibility index (Phi) is 3.91. The third-order valence-corrected chi connectivity index (χ3v) is 4.26. The summed E-state index contributed by atoms with van der Waals surface area (Å²) in [5.41, 5.74) is 1.92. The number of fused-ring (bicyclic) bond motifs is 1. The van der Waals surface area contributed by atoms with Crippen molar-refractivity contribution in [2.75, 3.05) is 6.54 Å². The van der Waals surface area contributed by atoms with Crippen LogP contribution in [0.15, 0.2) is 48.5 Å². The molecular weight excluding hydrogens is 365 g/mol. The highest BCUT2D eigenvalue weighted by atomic mass is 127. The smallest absolute Gasteiger partial charge is 0.252 e. The Hall–Kier alpha value is -1.56. The lowest BCUT2D eigenvalue weighted by molar-refractivity contribution is 0.0932. The number of hydrogen-bond acceptors (Lipinski definition) is 2. The second kappa shape index (κ2) is 5.83. The van der Waals surface area contributed by atoms with E-state index in [9.17, 15) is 4.79 Å². The average molecular weight is 379 g/mol. The van der Waals surface area contributed by atoms with Gasteiger partial charge in [0.2, 0.25) is 0 Å². The summed E-state index contributed by atoms with van der Waals surface area (Å²) in [5, 5.41) is 2.95. The number of halogens is 1. The van der Waals surface area contributed by atoms with Gasteiger partial charge in [-0.2, -0.15) is 0 Å². The fourth-order valence-corrected chi connectivity index (χ4v) is 2.95. The standard InChI is InChI=1S/C16H14INO2/c17-14-7-3-2-6-13(14)16(19)18-10-12-9-11-5-1-4-8-15(11)20-12/h1-8,12H,9-10H2,(H,18,19). The summed E-state index contributed by atoms with van der Waals surface area (Å²) in [4.78, 5) is 12.1. The van der Waals surface area contributed by atoms with Gasteiger partial charge in [-0.15, -0.1) is 0 Å². The molecule has 0 saturated carbocycles. The number of nitrogens with one attached hydrogen (secondary N) is 1. The van der Waals surface area contributed by atoms with Gasteiger partial charge in [0.1, 0.15) is 11.9 Å². The summed E-state index contributed by atoms with van der Waals surface area (Å²) in [5.74, 6) is 0.885. The van der Waals surface area contributed by atoms with E-state index < -0.39 is 0 Å². The van der Waals surface area contributed by atoms with Gasteiger partial charge in [0.15, 0.2) is 0 Å². The van der Waals surface area contributed by atoms with Gasteiger partial charge >= 0.3 is 0 Å². The van der Waals surface area contributed by atoms with E-state index >= 15 is 0 Å². The van der Waals surface area contributed by atoms with Crippen molar-refractivity contribution in [1.29, 1.82) is 0 Å². The summed E-state index contributed by atoms with van der Waals surface area (Å²) in [7, 11) is 0. The van der Waals surface area contributed by atoms with Crippen LogP contribution in [-0.2, 0) is 6.42 Å². The number of rotatable bonds is 3. The molecular formula is C16H14INO2. The zero-order valence-corrected chi connectivity index (χ0v) is 13.0. The first-order valence-corrected chi connectivity index (χ1v) is 7.59. The van der Waals surface area contributed by atoms with Crippen LogP contribution in [0.5, 0.6) is 5.75 Å². The van der Waals surface area contributed by atoms with Crippen LogP contribution in [0.4, 0.5) is 0 Å². The molecule has 1 aliphatic heterocycles. The van der Waals surface area contributed by atoms with Crippen LogP contribution in [0.25, 0.3) is 0 Å². The predicted octanol–water partition coefficient (Wildman–Crippen LogP) is 3.02. The van der Waals surface area contributed by atoms with Crippen molar-refractivity contribution in [1.82, 2.24) is 5.32 Å². The highest BCUT2D eigenvalue weighted by molar-refractivity contribution is 14.1. The molecule has 1 amide bonds. The first-order chi connectivity index (χ1) is 9.74. The fourth-order valence-electron chi connectivity index (χ4n) is 2.31. The molecule has 0 aliphatic carbocycles. The van der Waals surface area contributed by atoms with Gasteiger partial charge in [-0.3, -0.25) is 4.79 Å². The molecule has 0 bridgehead atoms. The fraction of sp³-hybridized carbons (Fsp3) is 0.188. The van der Waals surface area contributed by atoms with Gasteiger partial charge in [0, 0.05) is 9.99 Å². The molecule has 2 aromatic carbocycles. The largest absolute Gasteiger partial charge is 0.488 e. The molecule has 1 aliphatic rings. The molecule has 1 atom stereocenters. The van der Waals surface area contributed by atoms with Gasteiger partial charge in [0.05, 0.1) is 12.1 Å². The molecule has 0 radical (unpaired) electrons. The molecule has 1 unspecified atom stereocenters. The number of ether oxygens (including phenoxy) is 1. The Balaban J connectivity index is 1.59. The average Bonchev–Trinajstić information content (AvgIpc) is 2.88. The summed E-state index contributed by atoms with van der Waals surface area (Å²) in [6.07, 6.45) is 0.875. The number of benzene rings is 2. The van der Waals surface area contributed by atoms with Gasteiger partial charge in [0.25, 0.3) is 5.91 Å². The summed E-state index contributed by atoms with van der Waals surface area (Å²) < 4.78 is 6.76. The van der Waals surface area contributed by atoms with Crippen LogP contribution >= 0.6 is 22.6 Å². The molecule has 2 aromatic rings. The number of carbonyl (C=O) groups is 1. The van der Waals surface area contributed by atoms with Crippen LogP contribution in [0.1, 0.15) is 15.9 Å². The molecule has 20 heavy (non-hydrogen) atoms. The Labute approximate surface area is 131 Å². The molecule has 3 nitrogen and oxygen atoms in total. The number of amides is 1. The van der Waals surface area contributed by atoms with Crippen molar-refractivity contribution < 1.29 is 9.53 Å². The Morgan fingerprint density at radius 2 is 1.95 bits per heavy atom. The van der Waals surface area contributed by atoms with Crippen molar-refractivity contribution in [2.24, 2.45) is 0 Å². The van der Waals surface area contributed by atoms with Gasteiger partial charge in [-0.05, 0) is 46.4 Å². The maximum atomic E-state index is 12.1. The van der Waals surface area contributed by atoms with Crippen LogP contribution in [0, 0.1) is 3.57 Å². The number of hydrogen-bond donors (Lipinski definition) is 1. The zero-order chi connectivity index (χ0) is 13.9. The third-order valence-electron chi connectivity index (χ3n) is 3.32. The predicted molar refractivity (Wildman–Crippen MR) is 86.1 cm³/mol. The van der Waals surface area contributed by atoms with Gasteiger partial charge in [-0.25, -0.2) is 0 Å². The number of carbonyl (C=O) groups excluding carboxylic acids is 1. The van der Waals surface area contributed by atoms with Gasteiger partial charge < -0.3 is 10.1 Å². The molecule has 3 rings (SSSR count). The highest BCUT2D eigenvalue weighted by Crippen LogP contribution is 2.27. The molecule has 0 aromatic heterocycles. The Bertz CT molecular complexity index is 617. The first-order valence-electron chi connectivity index (χ1n) is 6.51. The summed E-state index contributed by atoms with van der Waals surface area (Å²) in [6.45, 7) is 0.526. The molecule has 0 fully saturated rings. The van der Waals surface area contributed by atoms with E-state index in [1.807, 2.05) is 42.5 Å². The third kappa shape index (κ3) is 2.80. The molecule has 1 N–H and O–H groups in total. The SMILES string of the molecule is O=C(NCC1Cc2ccccc2O1)c1ccccc1I. The molecule has 102 valence electrons. The summed E-state index contributed by atoms with van der Waals surface area (Å²) in [6, 6.07) is 15.6. The summed E-state index contributed by atoms with van der Waals surface area (Å²) >= 11 is 2.17. The number of para-hydroxylation sites is 1. The van der Waals surface area contributed by atoms with E-state index in [1.54, 1.807) is 0 Å². The minimum atomic E-state index is -0.0467. The van der Waals surface area contributed by atoms with E-state index in [0.29, 0.717) is 12.1 Å². The topological polar surface area (TPSA) is 38.3 Å². The normalized spacial score (nSPS) is 16.4. The monoisotopic (exact) mass is 379 g/mol. The van der Waals surface area contributed by atoms with Crippen molar-refractivity contribution in [3.05, 3.63) is 63.2 Å². The van der Waals surface area contributed by atoms with Gasteiger partial charge in [-0.1, -0.05) is 30.3 Å². The highest BCUT2D eigenvalue weighted by Gasteiger charge is 2.22.